The number of carbonyl (C=O) groups excluding carboxylic acids is 3. The highest BCUT2D eigenvalue weighted by atomic mass is 16.6. The third kappa shape index (κ3) is 10.5. The molecule has 0 aliphatic heterocycles. The van der Waals surface area contributed by atoms with Gasteiger partial charge in [-0.2, -0.15) is 0 Å². The van der Waals surface area contributed by atoms with E-state index >= 15 is 0 Å². The highest BCUT2D eigenvalue weighted by molar-refractivity contribution is 5.76. The molecule has 0 heterocycles. The summed E-state index contributed by atoms with van der Waals surface area (Å²) in [5.41, 5.74) is -0.627. The van der Waals surface area contributed by atoms with Crippen LogP contribution in [0.15, 0.2) is 0 Å². The van der Waals surface area contributed by atoms with E-state index in [4.69, 9.17) is 4.74 Å². The first kappa shape index (κ1) is 21.2. The second kappa shape index (κ2) is 9.37. The summed E-state index contributed by atoms with van der Waals surface area (Å²) in [6, 6.07) is -0.997. The minimum atomic E-state index is -0.627. The first-order chi connectivity index (χ1) is 10.4. The van der Waals surface area contributed by atoms with E-state index in [2.05, 4.69) is 15.4 Å². The lowest BCUT2D eigenvalue weighted by molar-refractivity contribution is -0.141. The van der Waals surface area contributed by atoms with E-state index < -0.39 is 29.7 Å². The maximum Gasteiger partial charge on any atom is 0.407 e. The zero-order chi connectivity index (χ0) is 18.2. The van der Waals surface area contributed by atoms with Crippen molar-refractivity contribution in [3.8, 4) is 0 Å². The molecule has 7 nitrogen and oxygen atoms in total. The number of nitrogens with one attached hydrogen (secondary N) is 2. The molecule has 0 aliphatic rings. The summed E-state index contributed by atoms with van der Waals surface area (Å²) in [4.78, 5) is 35.0. The lowest BCUT2D eigenvalue weighted by atomic mass is 9.95. The molecule has 2 amide bonds. The van der Waals surface area contributed by atoms with Gasteiger partial charge in [0, 0.05) is 6.92 Å². The largest absolute Gasteiger partial charge is 0.469 e. The zero-order valence-electron chi connectivity index (χ0n) is 15.2. The van der Waals surface area contributed by atoms with Gasteiger partial charge in [-0.05, 0) is 33.1 Å². The van der Waals surface area contributed by atoms with Gasteiger partial charge in [-0.25, -0.2) is 4.79 Å². The van der Waals surface area contributed by atoms with Gasteiger partial charge >= 0.3 is 12.1 Å². The highest BCUT2D eigenvalue weighted by Crippen LogP contribution is 2.14. The van der Waals surface area contributed by atoms with E-state index in [0.717, 1.165) is 0 Å². The molecule has 0 aromatic heterocycles. The number of ether oxygens (including phenoxy) is 2. The Hall–Kier alpha value is -1.79. The van der Waals surface area contributed by atoms with Crippen LogP contribution in [0.25, 0.3) is 0 Å². The Kier molecular flexibility index (Phi) is 8.64. The average molecular weight is 330 g/mol. The summed E-state index contributed by atoms with van der Waals surface area (Å²) in [6.45, 7) is 10.7. The number of methoxy groups -OCH3 is 1. The first-order valence-corrected chi connectivity index (χ1v) is 7.78. The third-order valence-electron chi connectivity index (χ3n) is 2.92. The molecule has 0 radical (unpaired) electrons. The molecular weight excluding hydrogens is 300 g/mol. The van der Waals surface area contributed by atoms with E-state index in [0.29, 0.717) is 6.42 Å². The van der Waals surface area contributed by atoms with Crippen molar-refractivity contribution in [3.05, 3.63) is 0 Å². The summed E-state index contributed by atoms with van der Waals surface area (Å²) < 4.78 is 9.93. The zero-order valence-corrected chi connectivity index (χ0v) is 15.2. The molecule has 0 fully saturated rings. The van der Waals surface area contributed by atoms with E-state index in [1.807, 2.05) is 13.8 Å². The van der Waals surface area contributed by atoms with Crippen molar-refractivity contribution in [2.45, 2.75) is 72.1 Å². The molecule has 0 unspecified atom stereocenters. The Morgan fingerprint density at radius 3 is 2.00 bits per heavy atom. The van der Waals surface area contributed by atoms with Crippen LogP contribution in [0.1, 0.15) is 54.4 Å². The van der Waals surface area contributed by atoms with E-state index in [9.17, 15) is 14.4 Å². The molecule has 134 valence electrons. The number of carbonyl (C=O) groups is 3. The summed E-state index contributed by atoms with van der Waals surface area (Å²) in [6.07, 6.45) is -0.0202. The van der Waals surface area contributed by atoms with Crippen LogP contribution in [-0.4, -0.2) is 42.8 Å². The number of hydrogen-bond donors (Lipinski definition) is 2. The highest BCUT2D eigenvalue weighted by Gasteiger charge is 2.29. The van der Waals surface area contributed by atoms with Crippen LogP contribution < -0.4 is 10.6 Å². The molecule has 7 heteroatoms. The standard InChI is InChI=1S/C16H30N2O5/c1-10(2)8-12(18-15(21)23-16(4,5)6)13(17-11(3)19)9-14(20)22-7/h10,12-13H,8-9H2,1-7H3,(H,17,19)(H,18,21)/t12-,13-/m0/s1. The predicted octanol–water partition coefficient (Wildman–Crippen LogP) is 1.99. The fourth-order valence-electron chi connectivity index (χ4n) is 2.11. The maximum atomic E-state index is 12.0. The molecule has 0 saturated heterocycles. The summed E-state index contributed by atoms with van der Waals surface area (Å²) in [5, 5.41) is 5.46. The fraction of sp³-hybridized carbons (Fsp3) is 0.812. The number of amides is 2. The van der Waals surface area contributed by atoms with Crippen molar-refractivity contribution in [2.75, 3.05) is 7.11 Å². The second-order valence-corrected chi connectivity index (χ2v) is 6.97. The van der Waals surface area contributed by atoms with Crippen LogP contribution in [0.3, 0.4) is 0 Å². The summed E-state index contributed by atoms with van der Waals surface area (Å²) in [7, 11) is 1.28. The van der Waals surface area contributed by atoms with Crippen LogP contribution in [-0.2, 0) is 19.1 Å². The van der Waals surface area contributed by atoms with Crippen LogP contribution in [0.5, 0.6) is 0 Å². The van der Waals surface area contributed by atoms with Crippen molar-refractivity contribution in [1.29, 1.82) is 0 Å². The van der Waals surface area contributed by atoms with E-state index in [-0.39, 0.29) is 18.2 Å². The number of alkyl carbamates (subject to hydrolysis) is 1. The fourth-order valence-corrected chi connectivity index (χ4v) is 2.11. The number of hydrogen-bond acceptors (Lipinski definition) is 5. The van der Waals surface area contributed by atoms with Gasteiger partial charge in [0.25, 0.3) is 0 Å². The molecule has 0 aliphatic carbocycles. The van der Waals surface area contributed by atoms with Crippen LogP contribution in [0, 0.1) is 5.92 Å². The first-order valence-electron chi connectivity index (χ1n) is 7.78. The van der Waals surface area contributed by atoms with Gasteiger partial charge in [-0.3, -0.25) is 9.59 Å². The van der Waals surface area contributed by atoms with Gasteiger partial charge in [0.2, 0.25) is 5.91 Å². The van der Waals surface area contributed by atoms with Crippen molar-refractivity contribution >= 4 is 18.0 Å². The second-order valence-electron chi connectivity index (χ2n) is 6.97. The smallest absolute Gasteiger partial charge is 0.407 e. The van der Waals surface area contributed by atoms with Crippen molar-refractivity contribution in [2.24, 2.45) is 5.92 Å². The Balaban J connectivity index is 5.13. The quantitative estimate of drug-likeness (QED) is 0.696. The normalized spacial score (nSPS) is 13.9. The summed E-state index contributed by atoms with van der Waals surface area (Å²) in [5.74, 6) is -0.481. The molecule has 2 atom stereocenters. The molecule has 0 spiro atoms. The van der Waals surface area contributed by atoms with Crippen molar-refractivity contribution in [1.82, 2.24) is 10.6 Å². The average Bonchev–Trinajstić information content (AvgIpc) is 2.33. The van der Waals surface area contributed by atoms with Crippen LogP contribution in [0.2, 0.25) is 0 Å². The Morgan fingerprint density at radius 1 is 1.04 bits per heavy atom. The van der Waals surface area contributed by atoms with Gasteiger partial charge in [0.1, 0.15) is 5.60 Å². The molecule has 0 bridgehead atoms. The topological polar surface area (TPSA) is 93.7 Å². The Bertz CT molecular complexity index is 415. The molecule has 23 heavy (non-hydrogen) atoms. The Labute approximate surface area is 138 Å². The van der Waals surface area contributed by atoms with Gasteiger partial charge in [-0.15, -0.1) is 0 Å². The van der Waals surface area contributed by atoms with Gasteiger partial charge in [0.15, 0.2) is 0 Å². The SMILES string of the molecule is COC(=O)C[C@H](NC(C)=O)[C@H](CC(C)C)NC(=O)OC(C)(C)C. The number of rotatable bonds is 7. The molecule has 0 aromatic rings. The molecule has 2 N–H and O–H groups in total. The monoisotopic (exact) mass is 330 g/mol. The van der Waals surface area contributed by atoms with Gasteiger partial charge < -0.3 is 20.1 Å². The molecule has 0 aromatic carbocycles. The van der Waals surface area contributed by atoms with Gasteiger partial charge in [0.05, 0.1) is 25.6 Å². The van der Waals surface area contributed by atoms with E-state index in [1.54, 1.807) is 20.8 Å². The molecule has 0 rings (SSSR count). The van der Waals surface area contributed by atoms with E-state index in [1.165, 1.54) is 14.0 Å². The van der Waals surface area contributed by atoms with Gasteiger partial charge in [-0.1, -0.05) is 13.8 Å². The lowest BCUT2D eigenvalue weighted by Crippen LogP contribution is -2.53. The predicted molar refractivity (Wildman–Crippen MR) is 86.9 cm³/mol. The summed E-state index contributed by atoms with van der Waals surface area (Å²) >= 11 is 0. The maximum absolute atomic E-state index is 12.0. The third-order valence-corrected chi connectivity index (χ3v) is 2.92. The Morgan fingerprint density at radius 2 is 1.61 bits per heavy atom. The van der Waals surface area contributed by atoms with Crippen molar-refractivity contribution < 1.29 is 23.9 Å². The number of esters is 1. The van der Waals surface area contributed by atoms with Crippen LogP contribution >= 0.6 is 0 Å². The minimum Gasteiger partial charge on any atom is -0.469 e. The molecular formula is C16H30N2O5. The van der Waals surface area contributed by atoms with Crippen LogP contribution in [0.4, 0.5) is 4.79 Å². The van der Waals surface area contributed by atoms with Crippen molar-refractivity contribution in [3.63, 3.8) is 0 Å². The minimum absolute atomic E-state index is 0.0245. The molecule has 0 saturated carbocycles. The lowest BCUT2D eigenvalue weighted by Gasteiger charge is -2.30.